The number of hydrogen-bond donors (Lipinski definition) is 1. The molecule has 2 aromatic carbocycles. The third-order valence-electron chi connectivity index (χ3n) is 4.78. The van der Waals surface area contributed by atoms with E-state index in [2.05, 4.69) is 58.3 Å². The maximum Gasteiger partial charge on any atom is 0.154 e. The van der Waals surface area contributed by atoms with Crippen molar-refractivity contribution in [2.75, 3.05) is 32.5 Å². The lowest BCUT2D eigenvalue weighted by Gasteiger charge is -2.12. The van der Waals surface area contributed by atoms with Crippen LogP contribution in [0.15, 0.2) is 42.5 Å². The first-order valence-corrected chi connectivity index (χ1v) is 10.1. The van der Waals surface area contributed by atoms with Crippen LogP contribution in [0.5, 0.6) is 0 Å². The summed E-state index contributed by atoms with van der Waals surface area (Å²) in [5.74, 6) is 1.50. The Kier molecular flexibility index (Phi) is 6.94. The molecule has 152 valence electrons. The lowest BCUT2D eigenvalue weighted by Crippen LogP contribution is -2.17. The molecule has 3 aromatic rings. The van der Waals surface area contributed by atoms with E-state index in [1.807, 2.05) is 26.2 Å². The van der Waals surface area contributed by atoms with Gasteiger partial charge in [0.2, 0.25) is 0 Å². The number of halogens is 1. The minimum absolute atomic E-state index is 0.286. The van der Waals surface area contributed by atoms with Crippen LogP contribution in [-0.4, -0.2) is 42.1 Å². The van der Waals surface area contributed by atoms with E-state index in [9.17, 15) is 4.39 Å². The third-order valence-corrected chi connectivity index (χ3v) is 4.78. The predicted octanol–water partition coefficient (Wildman–Crippen LogP) is 5.43. The number of nitrogens with zero attached hydrogens (tertiary/aromatic N) is 3. The summed E-state index contributed by atoms with van der Waals surface area (Å²) in [6.07, 6.45) is 4.88. The first-order chi connectivity index (χ1) is 13.9. The summed E-state index contributed by atoms with van der Waals surface area (Å²) in [5, 5.41) is 4.05. The largest absolute Gasteiger partial charge is 0.369 e. The van der Waals surface area contributed by atoms with Crippen LogP contribution in [0, 0.1) is 5.82 Å². The van der Waals surface area contributed by atoms with E-state index in [-0.39, 0.29) is 5.82 Å². The van der Waals surface area contributed by atoms with E-state index >= 15 is 0 Å². The number of benzene rings is 2. The number of fused-ring (bicyclic) bond motifs is 1. The number of hydrogen-bond acceptors (Lipinski definition) is 4. The lowest BCUT2D eigenvalue weighted by molar-refractivity contribution is 0.405. The second kappa shape index (κ2) is 9.61. The Morgan fingerprint density at radius 3 is 2.48 bits per heavy atom. The molecule has 3 rings (SSSR count). The van der Waals surface area contributed by atoms with Crippen molar-refractivity contribution in [2.45, 2.75) is 26.2 Å². The standard InChI is InChI=1S/C24H29FN4/c1-17(2)19-9-6-18(7-10-19)8-13-23-27-22-12-11-20(25)16-21(22)24(28-23)26-14-5-15-29(3)4/h6-13,16-17H,5,14-15H2,1-4H3,(H,26,27,28). The summed E-state index contributed by atoms with van der Waals surface area (Å²) in [7, 11) is 4.10. The van der Waals surface area contributed by atoms with Crippen LogP contribution in [0.1, 0.15) is 43.1 Å². The van der Waals surface area contributed by atoms with Crippen LogP contribution in [0.2, 0.25) is 0 Å². The van der Waals surface area contributed by atoms with E-state index in [1.165, 1.54) is 17.7 Å². The van der Waals surface area contributed by atoms with Gasteiger partial charge in [0.25, 0.3) is 0 Å². The third kappa shape index (κ3) is 5.84. The van der Waals surface area contributed by atoms with E-state index in [0.717, 1.165) is 30.6 Å². The lowest BCUT2D eigenvalue weighted by atomic mass is 10.0. The summed E-state index contributed by atoms with van der Waals surface area (Å²) in [4.78, 5) is 11.3. The van der Waals surface area contributed by atoms with Crippen molar-refractivity contribution in [3.63, 3.8) is 0 Å². The average Bonchev–Trinajstić information content (AvgIpc) is 2.70. The molecule has 0 unspecified atom stereocenters. The zero-order chi connectivity index (χ0) is 20.8. The molecule has 0 fully saturated rings. The van der Waals surface area contributed by atoms with E-state index in [4.69, 9.17) is 0 Å². The molecule has 0 radical (unpaired) electrons. The monoisotopic (exact) mass is 392 g/mol. The molecule has 4 nitrogen and oxygen atoms in total. The van der Waals surface area contributed by atoms with Crippen LogP contribution in [0.3, 0.4) is 0 Å². The maximum atomic E-state index is 13.8. The summed E-state index contributed by atoms with van der Waals surface area (Å²) in [5.41, 5.74) is 3.14. The normalized spacial score (nSPS) is 11.8. The average molecular weight is 393 g/mol. The Hall–Kier alpha value is -2.79. The fraction of sp³-hybridized carbons (Fsp3) is 0.333. The fourth-order valence-corrected chi connectivity index (χ4v) is 3.09. The highest BCUT2D eigenvalue weighted by molar-refractivity contribution is 5.90. The summed E-state index contributed by atoms with van der Waals surface area (Å²) in [6.45, 7) is 6.11. The molecule has 0 aliphatic carbocycles. The predicted molar refractivity (Wildman–Crippen MR) is 121 cm³/mol. The van der Waals surface area contributed by atoms with Crippen molar-refractivity contribution < 1.29 is 4.39 Å². The molecule has 0 saturated carbocycles. The van der Waals surface area contributed by atoms with Gasteiger partial charge in [0.15, 0.2) is 5.82 Å². The second-order valence-electron chi connectivity index (χ2n) is 7.83. The minimum Gasteiger partial charge on any atom is -0.369 e. The van der Waals surface area contributed by atoms with Gasteiger partial charge in [0, 0.05) is 11.9 Å². The van der Waals surface area contributed by atoms with Gasteiger partial charge in [-0.25, -0.2) is 14.4 Å². The molecule has 0 aliphatic rings. The summed E-state index contributed by atoms with van der Waals surface area (Å²) >= 11 is 0. The molecule has 1 aromatic heterocycles. The molecule has 29 heavy (non-hydrogen) atoms. The molecular formula is C24H29FN4. The Labute approximate surface area is 172 Å². The van der Waals surface area contributed by atoms with E-state index in [0.29, 0.717) is 22.9 Å². The van der Waals surface area contributed by atoms with Gasteiger partial charge in [-0.1, -0.05) is 44.2 Å². The topological polar surface area (TPSA) is 41.1 Å². The van der Waals surface area contributed by atoms with Crippen molar-refractivity contribution >= 4 is 28.9 Å². The number of rotatable bonds is 8. The van der Waals surface area contributed by atoms with Crippen molar-refractivity contribution in [3.8, 4) is 0 Å². The highest BCUT2D eigenvalue weighted by atomic mass is 19.1. The molecule has 5 heteroatoms. The molecule has 0 spiro atoms. The molecule has 0 amide bonds. The van der Waals surface area contributed by atoms with E-state index in [1.54, 1.807) is 6.07 Å². The van der Waals surface area contributed by atoms with Crippen LogP contribution in [-0.2, 0) is 0 Å². The van der Waals surface area contributed by atoms with Gasteiger partial charge in [-0.15, -0.1) is 0 Å². The molecule has 1 heterocycles. The number of nitrogens with one attached hydrogen (secondary N) is 1. The molecule has 0 atom stereocenters. The molecule has 0 aliphatic heterocycles. The number of aromatic nitrogens is 2. The quantitative estimate of drug-likeness (QED) is 0.519. The minimum atomic E-state index is -0.286. The molecule has 1 N–H and O–H groups in total. The van der Waals surface area contributed by atoms with E-state index < -0.39 is 0 Å². The summed E-state index contributed by atoms with van der Waals surface area (Å²) < 4.78 is 13.8. The first kappa shape index (κ1) is 20.9. The van der Waals surface area contributed by atoms with Gasteiger partial charge in [0.1, 0.15) is 11.6 Å². The van der Waals surface area contributed by atoms with Gasteiger partial charge in [-0.05, 0) is 68.4 Å². The van der Waals surface area contributed by atoms with Crippen molar-refractivity contribution in [2.24, 2.45) is 0 Å². The Morgan fingerprint density at radius 1 is 1.03 bits per heavy atom. The van der Waals surface area contributed by atoms with Crippen LogP contribution in [0.4, 0.5) is 10.2 Å². The SMILES string of the molecule is CC(C)c1ccc(C=Cc2nc(NCCCN(C)C)c3cc(F)ccc3n2)cc1. The Balaban J connectivity index is 1.84. The van der Waals surface area contributed by atoms with Crippen LogP contribution >= 0.6 is 0 Å². The van der Waals surface area contributed by atoms with Crippen molar-refractivity contribution in [1.82, 2.24) is 14.9 Å². The molecule has 0 saturated heterocycles. The van der Waals surface area contributed by atoms with Crippen molar-refractivity contribution in [1.29, 1.82) is 0 Å². The van der Waals surface area contributed by atoms with Crippen molar-refractivity contribution in [3.05, 3.63) is 65.2 Å². The van der Waals surface area contributed by atoms with Gasteiger partial charge in [-0.2, -0.15) is 0 Å². The second-order valence-corrected chi connectivity index (χ2v) is 7.83. The highest BCUT2D eigenvalue weighted by Gasteiger charge is 2.08. The molecule has 0 bridgehead atoms. The summed E-state index contributed by atoms with van der Waals surface area (Å²) in [6, 6.07) is 13.1. The van der Waals surface area contributed by atoms with Gasteiger partial charge in [-0.3, -0.25) is 0 Å². The van der Waals surface area contributed by atoms with Crippen LogP contribution in [0.25, 0.3) is 23.1 Å². The Bertz CT molecular complexity index is 978. The zero-order valence-corrected chi connectivity index (χ0v) is 17.6. The number of anilines is 1. The van der Waals surface area contributed by atoms with Gasteiger partial charge >= 0.3 is 0 Å². The highest BCUT2D eigenvalue weighted by Crippen LogP contribution is 2.22. The van der Waals surface area contributed by atoms with Gasteiger partial charge in [0.05, 0.1) is 5.52 Å². The fourth-order valence-electron chi connectivity index (χ4n) is 3.09. The van der Waals surface area contributed by atoms with Gasteiger partial charge < -0.3 is 10.2 Å². The van der Waals surface area contributed by atoms with Crippen LogP contribution < -0.4 is 5.32 Å². The first-order valence-electron chi connectivity index (χ1n) is 10.1. The maximum absolute atomic E-state index is 13.8. The Morgan fingerprint density at radius 2 is 1.79 bits per heavy atom. The smallest absolute Gasteiger partial charge is 0.154 e. The molecular weight excluding hydrogens is 363 g/mol. The zero-order valence-electron chi connectivity index (χ0n) is 17.6.